The van der Waals surface area contributed by atoms with Crippen LogP contribution in [0, 0.1) is 6.92 Å². The Kier molecular flexibility index (Phi) is 7.60. The molecule has 212 valence electrons. The van der Waals surface area contributed by atoms with Crippen LogP contribution in [0.5, 0.6) is 5.75 Å². The van der Waals surface area contributed by atoms with Crippen molar-refractivity contribution in [3.63, 3.8) is 0 Å². The minimum Gasteiger partial charge on any atom is -0.497 e. The lowest BCUT2D eigenvalue weighted by atomic mass is 10.1. The number of ether oxygens (including phenoxy) is 3. The van der Waals surface area contributed by atoms with Crippen LogP contribution in [-0.2, 0) is 16.1 Å². The maximum atomic E-state index is 12.4. The average Bonchev–Trinajstić information content (AvgIpc) is 3.26. The molecule has 10 nitrogen and oxygen atoms in total. The Morgan fingerprint density at radius 1 is 1.02 bits per heavy atom. The molecule has 0 spiro atoms. The Labute approximate surface area is 234 Å². The summed E-state index contributed by atoms with van der Waals surface area (Å²) in [5.74, 6) is 1.21. The first-order valence-electron chi connectivity index (χ1n) is 13.6. The molecule has 0 saturated carbocycles. The maximum Gasteiger partial charge on any atom is 0.410 e. The zero-order valence-corrected chi connectivity index (χ0v) is 23.8. The summed E-state index contributed by atoms with van der Waals surface area (Å²) in [6, 6.07) is 13.9. The van der Waals surface area contributed by atoms with Crippen LogP contribution in [0.3, 0.4) is 0 Å². The molecule has 2 aliphatic rings. The highest BCUT2D eigenvalue weighted by atomic mass is 16.6. The highest BCUT2D eigenvalue weighted by Crippen LogP contribution is 2.31. The van der Waals surface area contributed by atoms with Gasteiger partial charge in [-0.25, -0.2) is 9.48 Å². The quantitative estimate of drug-likeness (QED) is 0.450. The molecule has 1 saturated heterocycles. The molecule has 3 heterocycles. The number of hydrogen-bond acceptors (Lipinski definition) is 8. The van der Waals surface area contributed by atoms with Crippen LogP contribution < -0.4 is 9.64 Å². The first-order valence-corrected chi connectivity index (χ1v) is 13.6. The number of aryl methyl sites for hydroxylation is 1. The smallest absolute Gasteiger partial charge is 0.410 e. The molecule has 1 amide bonds. The molecule has 0 aliphatic carbocycles. The summed E-state index contributed by atoms with van der Waals surface area (Å²) >= 11 is 0. The van der Waals surface area contributed by atoms with Crippen molar-refractivity contribution in [2.24, 2.45) is 4.99 Å². The third-order valence-electron chi connectivity index (χ3n) is 7.03. The van der Waals surface area contributed by atoms with Crippen LogP contribution in [0.1, 0.15) is 44.9 Å². The number of aliphatic hydroxyl groups is 1. The van der Waals surface area contributed by atoms with Crippen molar-refractivity contribution in [1.29, 1.82) is 0 Å². The zero-order valence-electron chi connectivity index (χ0n) is 23.8. The van der Waals surface area contributed by atoms with Gasteiger partial charge in [-0.05, 0) is 63.6 Å². The number of anilines is 1. The predicted molar refractivity (Wildman–Crippen MR) is 155 cm³/mol. The Morgan fingerprint density at radius 2 is 1.75 bits per heavy atom. The molecule has 2 aliphatic heterocycles. The number of piperazine rings is 1. The van der Waals surface area contributed by atoms with Gasteiger partial charge in [0.05, 0.1) is 18.3 Å². The van der Waals surface area contributed by atoms with Crippen molar-refractivity contribution in [3.05, 3.63) is 59.6 Å². The SMILES string of the molecule is COc1ccc(COC2=NC(O)=C(n3nc(C)c4cc(N5CCN(C(=O)OC(C)(C)C)CC5)ccc43)CC2)cc1. The first-order chi connectivity index (χ1) is 19.1. The summed E-state index contributed by atoms with van der Waals surface area (Å²) in [7, 11) is 1.63. The van der Waals surface area contributed by atoms with Gasteiger partial charge in [-0.2, -0.15) is 10.1 Å². The molecule has 1 N–H and O–H groups in total. The van der Waals surface area contributed by atoms with E-state index in [0.717, 1.165) is 46.7 Å². The van der Waals surface area contributed by atoms with E-state index in [1.807, 2.05) is 58.0 Å². The summed E-state index contributed by atoms with van der Waals surface area (Å²) in [5.41, 5.74) is 3.99. The van der Waals surface area contributed by atoms with Crippen LogP contribution in [-0.4, -0.2) is 70.7 Å². The lowest BCUT2D eigenvalue weighted by Crippen LogP contribution is -2.50. The fourth-order valence-electron chi connectivity index (χ4n) is 4.90. The molecule has 0 unspecified atom stereocenters. The van der Waals surface area contributed by atoms with E-state index in [2.05, 4.69) is 22.0 Å². The van der Waals surface area contributed by atoms with Crippen LogP contribution in [0.25, 0.3) is 16.6 Å². The fraction of sp³-hybridized carbons (Fsp3) is 0.433. The second kappa shape index (κ2) is 11.1. The molecule has 10 heteroatoms. The van der Waals surface area contributed by atoms with E-state index >= 15 is 0 Å². The largest absolute Gasteiger partial charge is 0.497 e. The number of carbonyl (C=O) groups is 1. The normalized spacial score (nSPS) is 16.3. The minimum atomic E-state index is -0.504. The van der Waals surface area contributed by atoms with E-state index in [0.29, 0.717) is 44.1 Å². The van der Waals surface area contributed by atoms with Crippen molar-refractivity contribution in [2.75, 3.05) is 38.2 Å². The third kappa shape index (κ3) is 6.00. The minimum absolute atomic E-state index is 0.0808. The number of fused-ring (bicyclic) bond motifs is 1. The van der Waals surface area contributed by atoms with Crippen molar-refractivity contribution >= 4 is 34.3 Å². The predicted octanol–water partition coefficient (Wildman–Crippen LogP) is 5.50. The van der Waals surface area contributed by atoms with Gasteiger partial charge in [0.1, 0.15) is 23.7 Å². The monoisotopic (exact) mass is 547 g/mol. The van der Waals surface area contributed by atoms with Gasteiger partial charge in [0.25, 0.3) is 0 Å². The number of aromatic nitrogens is 2. The van der Waals surface area contributed by atoms with Gasteiger partial charge in [0.2, 0.25) is 5.88 Å². The lowest BCUT2D eigenvalue weighted by Gasteiger charge is -2.36. The number of rotatable bonds is 5. The fourth-order valence-corrected chi connectivity index (χ4v) is 4.90. The first kappa shape index (κ1) is 27.4. The number of carbonyl (C=O) groups excluding carboxylic acids is 1. The van der Waals surface area contributed by atoms with Gasteiger partial charge in [-0.1, -0.05) is 12.1 Å². The molecule has 1 aromatic heterocycles. The standard InChI is InChI=1S/C30H37N5O5/c1-20-24-18-22(33-14-16-34(17-15-33)29(37)40-30(2,3)4)8-11-25(24)35(32-20)26-12-13-27(31-28(26)36)39-19-21-6-9-23(38-5)10-7-21/h6-11,18,36H,12-17,19H2,1-5H3. The number of aliphatic imine (C=N–C) groups is 1. The van der Waals surface area contributed by atoms with Crippen molar-refractivity contribution in [2.45, 2.75) is 52.7 Å². The summed E-state index contributed by atoms with van der Waals surface area (Å²) in [6.07, 6.45) is 0.852. The highest BCUT2D eigenvalue weighted by Gasteiger charge is 2.27. The summed E-state index contributed by atoms with van der Waals surface area (Å²) in [6.45, 7) is 10.6. The van der Waals surface area contributed by atoms with Crippen LogP contribution in [0.4, 0.5) is 10.5 Å². The second-order valence-electron chi connectivity index (χ2n) is 11.1. The lowest BCUT2D eigenvalue weighted by molar-refractivity contribution is 0.0240. The molecular formula is C30H37N5O5. The summed E-state index contributed by atoms with van der Waals surface area (Å²) < 4.78 is 18.4. The van der Waals surface area contributed by atoms with Gasteiger partial charge in [-0.3, -0.25) is 0 Å². The van der Waals surface area contributed by atoms with Gasteiger partial charge in [-0.15, -0.1) is 0 Å². The number of nitrogens with zero attached hydrogens (tertiary/aromatic N) is 5. The van der Waals surface area contributed by atoms with E-state index in [1.165, 1.54) is 0 Å². The van der Waals surface area contributed by atoms with Gasteiger partial charge < -0.3 is 29.1 Å². The zero-order chi connectivity index (χ0) is 28.4. The van der Waals surface area contributed by atoms with E-state index in [1.54, 1.807) is 16.7 Å². The molecule has 40 heavy (non-hydrogen) atoms. The third-order valence-corrected chi connectivity index (χ3v) is 7.03. The van der Waals surface area contributed by atoms with Crippen molar-refractivity contribution < 1.29 is 24.1 Å². The molecule has 1 fully saturated rings. The Balaban J connectivity index is 1.27. The number of amides is 1. The number of aliphatic hydroxyl groups excluding tert-OH is 1. The topological polar surface area (TPSA) is 102 Å². The van der Waals surface area contributed by atoms with Gasteiger partial charge >= 0.3 is 6.09 Å². The summed E-state index contributed by atoms with van der Waals surface area (Å²) in [4.78, 5) is 20.8. The van der Waals surface area contributed by atoms with Gasteiger partial charge in [0.15, 0.2) is 5.90 Å². The molecule has 3 aromatic rings. The second-order valence-corrected chi connectivity index (χ2v) is 11.1. The molecule has 0 radical (unpaired) electrons. The van der Waals surface area contributed by atoms with Crippen molar-refractivity contribution in [1.82, 2.24) is 14.7 Å². The molecular weight excluding hydrogens is 510 g/mol. The van der Waals surface area contributed by atoms with Gasteiger partial charge in [0, 0.05) is 50.1 Å². The van der Waals surface area contributed by atoms with Crippen molar-refractivity contribution in [3.8, 4) is 5.75 Å². The molecule has 0 bridgehead atoms. The number of methoxy groups -OCH3 is 1. The molecule has 2 aromatic carbocycles. The Bertz CT molecular complexity index is 1440. The Morgan fingerprint density at radius 3 is 2.40 bits per heavy atom. The van der Waals surface area contributed by atoms with E-state index in [9.17, 15) is 9.90 Å². The summed E-state index contributed by atoms with van der Waals surface area (Å²) in [5, 5.41) is 16.6. The average molecular weight is 548 g/mol. The number of allylic oxidation sites excluding steroid dienone is 1. The molecule has 5 rings (SSSR count). The number of benzene rings is 2. The van der Waals surface area contributed by atoms with Crippen LogP contribution in [0.2, 0.25) is 0 Å². The Hall–Kier alpha value is -4.21. The maximum absolute atomic E-state index is 12.4. The van der Waals surface area contributed by atoms with Crippen LogP contribution >= 0.6 is 0 Å². The van der Waals surface area contributed by atoms with Crippen LogP contribution in [0.15, 0.2) is 53.3 Å². The highest BCUT2D eigenvalue weighted by molar-refractivity contribution is 5.89. The van der Waals surface area contributed by atoms with E-state index in [4.69, 9.17) is 19.3 Å². The van der Waals surface area contributed by atoms with E-state index < -0.39 is 5.60 Å². The molecule has 0 atom stereocenters. The number of hydrogen-bond donors (Lipinski definition) is 1. The van der Waals surface area contributed by atoms with E-state index in [-0.39, 0.29) is 12.0 Å².